The maximum Gasteiger partial charge on any atom is 0.0713 e. The minimum Gasteiger partial charge on any atom is -0.310 e. The summed E-state index contributed by atoms with van der Waals surface area (Å²) < 4.78 is 0. The lowest BCUT2D eigenvalue weighted by Crippen LogP contribution is -2.31. The van der Waals surface area contributed by atoms with E-state index in [9.17, 15) is 0 Å². The smallest absolute Gasteiger partial charge is 0.0713 e. The Morgan fingerprint density at radius 3 is 1.27 bits per heavy atom. The monoisotopic (exact) mass is 771 g/mol. The summed E-state index contributed by atoms with van der Waals surface area (Å²) in [6.45, 7) is 4.72. The van der Waals surface area contributed by atoms with Crippen LogP contribution in [0, 0.1) is 0 Å². The van der Waals surface area contributed by atoms with Gasteiger partial charge in [0.05, 0.1) is 5.41 Å². The molecule has 9 aromatic rings. The van der Waals surface area contributed by atoms with Gasteiger partial charge in [-0.2, -0.15) is 0 Å². The van der Waals surface area contributed by atoms with E-state index in [-0.39, 0.29) is 14.3 Å². The van der Waals surface area contributed by atoms with Gasteiger partial charge in [-0.25, -0.2) is 0 Å². The topological polar surface area (TPSA) is 3.24 Å². The van der Waals surface area contributed by atoms with Crippen LogP contribution in [0.25, 0.3) is 44.5 Å². The van der Waals surface area contributed by atoms with Crippen molar-refractivity contribution in [2.75, 3.05) is 4.90 Å². The number of rotatable bonds is 6. The molecule has 1 heteroatoms. The molecule has 60 heavy (non-hydrogen) atoms. The molecule has 0 saturated carbocycles. The van der Waals surface area contributed by atoms with Crippen LogP contribution in [0.3, 0.4) is 0 Å². The van der Waals surface area contributed by atoms with Crippen LogP contribution in [0.15, 0.2) is 224 Å². The van der Waals surface area contributed by atoms with Crippen LogP contribution in [-0.4, -0.2) is 0 Å². The predicted molar refractivity (Wildman–Crippen MR) is 256 cm³/mol. The van der Waals surface area contributed by atoms with Gasteiger partial charge in [-0.15, -0.1) is 0 Å². The number of nitrogens with zero attached hydrogens (tertiary/aromatic N) is 1. The van der Waals surface area contributed by atoms with E-state index in [1.807, 2.05) is 0 Å². The normalized spacial score (nSPS) is 13.6. The minimum absolute atomic E-state index is 0. The van der Waals surface area contributed by atoms with Gasteiger partial charge < -0.3 is 4.90 Å². The van der Waals surface area contributed by atoms with E-state index >= 15 is 0 Å². The molecule has 0 radical (unpaired) electrons. The first-order valence-corrected chi connectivity index (χ1v) is 20.7. The highest BCUT2D eigenvalue weighted by atomic mass is 15.1. The van der Waals surface area contributed by atoms with Crippen molar-refractivity contribution in [3.05, 3.63) is 258 Å². The lowest BCUT2D eigenvalue weighted by atomic mass is 9.63. The molecule has 290 valence electrons. The van der Waals surface area contributed by atoms with E-state index in [2.05, 4.69) is 243 Å². The summed E-state index contributed by atoms with van der Waals surface area (Å²) in [5, 5.41) is 0. The van der Waals surface area contributed by atoms with Crippen molar-refractivity contribution in [3.63, 3.8) is 0 Å². The van der Waals surface area contributed by atoms with Crippen molar-refractivity contribution in [1.29, 1.82) is 0 Å². The Morgan fingerprint density at radius 2 is 0.700 bits per heavy atom. The molecule has 0 aromatic heterocycles. The van der Waals surface area contributed by atoms with Crippen LogP contribution >= 0.6 is 0 Å². The van der Waals surface area contributed by atoms with E-state index in [1.54, 1.807) is 0 Å². The Labute approximate surface area is 356 Å². The van der Waals surface area contributed by atoms with Gasteiger partial charge in [-0.1, -0.05) is 209 Å². The molecule has 0 N–H and O–H groups in total. The SMILES string of the molecule is C.CC1(C)c2ccccc2-c2ccc(N(c3ccc(-c4ccccc4)cc3)c3ccc(C4(c5ccccc5)c5ccccc5-c5ccccc5-c5ccccc54)cc3)cc21.[HH]. The number of fused-ring (bicyclic) bond motifs is 8. The van der Waals surface area contributed by atoms with Gasteiger partial charge in [0.1, 0.15) is 0 Å². The Morgan fingerprint density at radius 1 is 0.317 bits per heavy atom. The van der Waals surface area contributed by atoms with E-state index in [1.165, 1.54) is 77.9 Å². The molecular formula is C59H49N. The molecule has 0 bridgehead atoms. The number of benzene rings is 9. The highest BCUT2D eigenvalue weighted by Gasteiger charge is 2.44. The van der Waals surface area contributed by atoms with E-state index in [0.29, 0.717) is 0 Å². The number of hydrogen-bond donors (Lipinski definition) is 0. The lowest BCUT2D eigenvalue weighted by Gasteiger charge is -2.38. The standard InChI is InChI=1S/C58H43N.CH4.H2/c1-57(2)53-26-14-11-25-51(53)52-38-37-46(39-56(52)57)59(44-33-29-41(30-34-44)40-17-5-3-6-18-40)45-35-31-43(32-36-45)58(42-19-7-4-8-20-42)54-27-15-12-23-49(54)47-21-9-10-22-48(47)50-24-13-16-28-55(50)58;;/h3-39H,1-2H3;1H4;1H. The maximum atomic E-state index is 2.43. The summed E-state index contributed by atoms with van der Waals surface area (Å²) in [7, 11) is 0. The quantitative estimate of drug-likeness (QED) is 0.163. The van der Waals surface area contributed by atoms with Crippen LogP contribution < -0.4 is 4.90 Å². The molecule has 0 fully saturated rings. The zero-order valence-corrected chi connectivity index (χ0v) is 33.3. The van der Waals surface area contributed by atoms with Crippen LogP contribution in [-0.2, 0) is 10.8 Å². The minimum atomic E-state index is -0.586. The summed E-state index contributed by atoms with van der Waals surface area (Å²) in [5.41, 5.74) is 20.5. The first kappa shape index (κ1) is 37.1. The van der Waals surface area contributed by atoms with E-state index in [0.717, 1.165) is 17.1 Å². The van der Waals surface area contributed by atoms with Gasteiger partial charge in [-0.05, 0) is 114 Å². The Bertz CT molecular complexity index is 2930. The Kier molecular flexibility index (Phi) is 8.99. The molecule has 2 aliphatic rings. The van der Waals surface area contributed by atoms with Gasteiger partial charge in [0.15, 0.2) is 0 Å². The molecule has 0 saturated heterocycles. The van der Waals surface area contributed by atoms with Gasteiger partial charge in [0, 0.05) is 23.9 Å². The number of anilines is 3. The van der Waals surface area contributed by atoms with Gasteiger partial charge >= 0.3 is 0 Å². The summed E-state index contributed by atoms with van der Waals surface area (Å²) in [5.74, 6) is 0. The van der Waals surface area contributed by atoms with Crippen LogP contribution in [0.2, 0.25) is 0 Å². The first-order valence-electron chi connectivity index (χ1n) is 20.7. The largest absolute Gasteiger partial charge is 0.310 e. The molecule has 9 aromatic carbocycles. The molecule has 0 heterocycles. The van der Waals surface area contributed by atoms with Gasteiger partial charge in [0.2, 0.25) is 0 Å². The Balaban J connectivity index is 0.00000238. The van der Waals surface area contributed by atoms with Crippen LogP contribution in [0.5, 0.6) is 0 Å². The van der Waals surface area contributed by atoms with E-state index in [4.69, 9.17) is 0 Å². The third kappa shape index (κ3) is 5.61. The fraction of sp³-hybridized carbons (Fsp3) is 0.0847. The summed E-state index contributed by atoms with van der Waals surface area (Å²) in [4.78, 5) is 2.43. The first-order chi connectivity index (χ1) is 29.0. The zero-order chi connectivity index (χ0) is 39.6. The fourth-order valence-electron chi connectivity index (χ4n) is 10.2. The molecule has 0 aliphatic heterocycles. The maximum absolute atomic E-state index is 2.43. The summed E-state index contributed by atoms with van der Waals surface area (Å²) >= 11 is 0. The van der Waals surface area contributed by atoms with Crippen LogP contribution in [0.1, 0.15) is 56.1 Å². The molecule has 0 spiro atoms. The Hall–Kier alpha value is -7.22. The highest BCUT2D eigenvalue weighted by Crippen LogP contribution is 2.56. The highest BCUT2D eigenvalue weighted by molar-refractivity contribution is 5.93. The molecular weight excluding hydrogens is 723 g/mol. The van der Waals surface area contributed by atoms with Crippen molar-refractivity contribution in [2.45, 2.75) is 32.1 Å². The lowest BCUT2D eigenvalue weighted by molar-refractivity contribution is 0.660. The second kappa shape index (κ2) is 14.6. The van der Waals surface area contributed by atoms with E-state index < -0.39 is 5.41 Å². The average Bonchev–Trinajstić information content (AvgIpc) is 3.46. The zero-order valence-electron chi connectivity index (χ0n) is 33.3. The molecule has 1 nitrogen and oxygen atoms in total. The summed E-state index contributed by atoms with van der Waals surface area (Å²) in [6, 6.07) is 83.1. The fourth-order valence-corrected chi connectivity index (χ4v) is 10.2. The van der Waals surface area contributed by atoms with Gasteiger partial charge in [0.25, 0.3) is 0 Å². The van der Waals surface area contributed by atoms with Crippen molar-refractivity contribution in [3.8, 4) is 44.5 Å². The third-order valence-electron chi connectivity index (χ3n) is 13.0. The third-order valence-corrected chi connectivity index (χ3v) is 13.0. The molecule has 11 rings (SSSR count). The van der Waals surface area contributed by atoms with Crippen molar-refractivity contribution < 1.29 is 1.43 Å². The number of hydrogen-bond acceptors (Lipinski definition) is 1. The van der Waals surface area contributed by atoms with Gasteiger partial charge in [-0.3, -0.25) is 0 Å². The molecule has 2 aliphatic carbocycles. The molecule has 0 atom stereocenters. The van der Waals surface area contributed by atoms with Crippen molar-refractivity contribution in [1.82, 2.24) is 0 Å². The second-order valence-corrected chi connectivity index (χ2v) is 16.4. The average molecular weight is 772 g/mol. The van der Waals surface area contributed by atoms with Crippen LogP contribution in [0.4, 0.5) is 17.1 Å². The summed E-state index contributed by atoms with van der Waals surface area (Å²) in [6.07, 6.45) is 0. The predicted octanol–water partition coefficient (Wildman–Crippen LogP) is 16.0. The second-order valence-electron chi connectivity index (χ2n) is 16.4. The molecule has 0 unspecified atom stereocenters. The molecule has 0 amide bonds. The van der Waals surface area contributed by atoms with Crippen molar-refractivity contribution >= 4 is 17.1 Å². The van der Waals surface area contributed by atoms with Crippen molar-refractivity contribution in [2.24, 2.45) is 0 Å².